The topological polar surface area (TPSA) is 90.2 Å². The summed E-state index contributed by atoms with van der Waals surface area (Å²) < 4.78 is 5.11. The maximum atomic E-state index is 10.9. The Balaban J connectivity index is 1.89. The lowest BCUT2D eigenvalue weighted by atomic mass is 10.2. The van der Waals surface area contributed by atoms with Gasteiger partial charge in [-0.25, -0.2) is 9.97 Å². The number of anilines is 1. The highest BCUT2D eigenvalue weighted by Crippen LogP contribution is 2.34. The zero-order valence-corrected chi connectivity index (χ0v) is 14.6. The van der Waals surface area contributed by atoms with Crippen molar-refractivity contribution in [3.05, 3.63) is 50.2 Å². The first-order chi connectivity index (χ1) is 11.5. The lowest BCUT2D eigenvalue weighted by Gasteiger charge is -2.09. The Bertz CT molecular complexity index is 932. The molecular formula is C14H10Cl2N4O3S. The smallest absolute Gasteiger partial charge is 0.326 e. The summed E-state index contributed by atoms with van der Waals surface area (Å²) in [6.07, 6.45) is 0. The van der Waals surface area contributed by atoms with Crippen LogP contribution in [0.15, 0.2) is 24.3 Å². The molecule has 3 rings (SSSR count). The highest BCUT2D eigenvalue weighted by atomic mass is 35.5. The van der Waals surface area contributed by atoms with E-state index in [0.717, 1.165) is 16.9 Å². The standard InChI is InChI=1S/C14H10Cl2N4O3S/c1-23-10-3-2-7(4-9(10)15)6-17-12-8-5-11(20(21)22)24-13(8)19-14(16)18-12/h2-5H,6H2,1H3,(H,17,18,19). The monoisotopic (exact) mass is 384 g/mol. The molecule has 0 atom stereocenters. The minimum absolute atomic E-state index is 0.0166. The zero-order valence-electron chi connectivity index (χ0n) is 12.2. The second kappa shape index (κ2) is 6.76. The quantitative estimate of drug-likeness (QED) is 0.394. The van der Waals surface area contributed by atoms with E-state index >= 15 is 0 Å². The maximum Gasteiger partial charge on any atom is 0.326 e. The molecule has 0 spiro atoms. The predicted molar refractivity (Wildman–Crippen MR) is 94.4 cm³/mol. The van der Waals surface area contributed by atoms with Crippen LogP contribution in [0.5, 0.6) is 5.75 Å². The highest BCUT2D eigenvalue weighted by Gasteiger charge is 2.17. The van der Waals surface area contributed by atoms with E-state index < -0.39 is 4.92 Å². The Morgan fingerprint density at radius 3 is 2.79 bits per heavy atom. The van der Waals surface area contributed by atoms with Crippen LogP contribution in [0.4, 0.5) is 10.8 Å². The largest absolute Gasteiger partial charge is 0.495 e. The fourth-order valence-corrected chi connectivity index (χ4v) is 3.46. The summed E-state index contributed by atoms with van der Waals surface area (Å²) >= 11 is 12.9. The normalized spacial score (nSPS) is 10.8. The summed E-state index contributed by atoms with van der Waals surface area (Å²) in [7, 11) is 1.54. The highest BCUT2D eigenvalue weighted by molar-refractivity contribution is 7.21. The third-order valence-electron chi connectivity index (χ3n) is 3.21. The first-order valence-electron chi connectivity index (χ1n) is 6.65. The molecule has 0 aliphatic carbocycles. The van der Waals surface area contributed by atoms with Crippen LogP contribution in [0.3, 0.4) is 0 Å². The maximum absolute atomic E-state index is 10.9. The van der Waals surface area contributed by atoms with E-state index in [9.17, 15) is 10.1 Å². The Morgan fingerprint density at radius 1 is 1.33 bits per heavy atom. The average Bonchev–Trinajstić information content (AvgIpc) is 2.97. The van der Waals surface area contributed by atoms with E-state index in [2.05, 4.69) is 15.3 Å². The number of fused-ring (bicyclic) bond motifs is 1. The molecule has 24 heavy (non-hydrogen) atoms. The molecular weight excluding hydrogens is 375 g/mol. The number of benzene rings is 1. The van der Waals surface area contributed by atoms with E-state index in [1.54, 1.807) is 19.2 Å². The van der Waals surface area contributed by atoms with Gasteiger partial charge in [0, 0.05) is 12.6 Å². The molecule has 0 aliphatic heterocycles. The van der Waals surface area contributed by atoms with Gasteiger partial charge in [0.2, 0.25) is 5.28 Å². The van der Waals surface area contributed by atoms with Crippen molar-refractivity contribution in [2.75, 3.05) is 12.4 Å². The summed E-state index contributed by atoms with van der Waals surface area (Å²) in [6.45, 7) is 0.413. The van der Waals surface area contributed by atoms with Gasteiger partial charge in [0.25, 0.3) is 0 Å². The first kappa shape index (κ1) is 16.7. The van der Waals surface area contributed by atoms with Gasteiger partial charge in [-0.1, -0.05) is 17.7 Å². The van der Waals surface area contributed by atoms with E-state index in [1.165, 1.54) is 6.07 Å². The molecule has 3 aromatic rings. The summed E-state index contributed by atoms with van der Waals surface area (Å²) in [6, 6.07) is 6.81. The SMILES string of the molecule is COc1ccc(CNc2nc(Cl)nc3sc([N+](=O)[O-])cc23)cc1Cl. The van der Waals surface area contributed by atoms with Gasteiger partial charge < -0.3 is 10.1 Å². The number of ether oxygens (including phenoxy) is 1. The van der Waals surface area contributed by atoms with Gasteiger partial charge in [-0.05, 0) is 40.6 Å². The van der Waals surface area contributed by atoms with Crippen molar-refractivity contribution in [3.8, 4) is 5.75 Å². The van der Waals surface area contributed by atoms with Crippen LogP contribution in [0, 0.1) is 10.1 Å². The van der Waals surface area contributed by atoms with Crippen LogP contribution in [0.25, 0.3) is 10.2 Å². The van der Waals surface area contributed by atoms with Crippen molar-refractivity contribution in [2.45, 2.75) is 6.54 Å². The van der Waals surface area contributed by atoms with Gasteiger partial charge >= 0.3 is 5.00 Å². The number of hydrogen-bond donors (Lipinski definition) is 1. The molecule has 10 heteroatoms. The Labute approximate surface area is 150 Å². The van der Waals surface area contributed by atoms with Gasteiger partial charge in [-0.2, -0.15) is 0 Å². The summed E-state index contributed by atoms with van der Waals surface area (Å²) in [4.78, 5) is 19.1. The van der Waals surface area contributed by atoms with Gasteiger partial charge in [-0.15, -0.1) is 0 Å². The van der Waals surface area contributed by atoms with Crippen molar-refractivity contribution in [1.29, 1.82) is 0 Å². The van der Waals surface area contributed by atoms with E-state index in [1.807, 2.05) is 6.07 Å². The number of rotatable bonds is 5. The molecule has 0 bridgehead atoms. The number of aromatic nitrogens is 2. The fraction of sp³-hybridized carbons (Fsp3) is 0.143. The number of methoxy groups -OCH3 is 1. The number of thiophene rings is 1. The first-order valence-corrected chi connectivity index (χ1v) is 8.23. The summed E-state index contributed by atoms with van der Waals surface area (Å²) in [5.74, 6) is 1.02. The Hall–Kier alpha value is -2.16. The average molecular weight is 385 g/mol. The predicted octanol–water partition coefficient (Wildman–Crippen LogP) is 4.53. The molecule has 0 fully saturated rings. The third kappa shape index (κ3) is 3.35. The molecule has 7 nitrogen and oxygen atoms in total. The van der Waals surface area contributed by atoms with Crippen molar-refractivity contribution in [3.63, 3.8) is 0 Å². The van der Waals surface area contributed by atoms with Gasteiger partial charge in [-0.3, -0.25) is 10.1 Å². The van der Waals surface area contributed by atoms with Crippen LogP contribution in [-0.4, -0.2) is 22.0 Å². The van der Waals surface area contributed by atoms with Crippen LogP contribution in [0.1, 0.15) is 5.56 Å². The van der Waals surface area contributed by atoms with Crippen LogP contribution < -0.4 is 10.1 Å². The van der Waals surface area contributed by atoms with Crippen molar-refractivity contribution < 1.29 is 9.66 Å². The number of nitro groups is 1. The summed E-state index contributed by atoms with van der Waals surface area (Å²) in [5, 5.41) is 15.1. The molecule has 0 unspecified atom stereocenters. The van der Waals surface area contributed by atoms with E-state index in [-0.39, 0.29) is 10.3 Å². The van der Waals surface area contributed by atoms with Crippen LogP contribution in [0.2, 0.25) is 10.3 Å². The molecule has 124 valence electrons. The second-order valence-corrected chi connectivity index (χ2v) is 6.48. The van der Waals surface area contributed by atoms with Crippen LogP contribution in [-0.2, 0) is 6.54 Å². The van der Waals surface area contributed by atoms with Crippen molar-refractivity contribution in [1.82, 2.24) is 9.97 Å². The summed E-state index contributed by atoms with van der Waals surface area (Å²) in [5.41, 5.74) is 0.897. The van der Waals surface area contributed by atoms with Crippen molar-refractivity contribution in [2.24, 2.45) is 0 Å². The minimum Gasteiger partial charge on any atom is -0.495 e. The fourth-order valence-electron chi connectivity index (χ4n) is 2.11. The third-order valence-corrected chi connectivity index (χ3v) is 4.65. The van der Waals surface area contributed by atoms with E-state index in [0.29, 0.717) is 33.4 Å². The lowest BCUT2D eigenvalue weighted by molar-refractivity contribution is -0.380. The van der Waals surface area contributed by atoms with Crippen LogP contribution >= 0.6 is 34.5 Å². The molecule has 2 heterocycles. The number of nitrogens with one attached hydrogen (secondary N) is 1. The molecule has 0 saturated carbocycles. The Morgan fingerprint density at radius 2 is 2.12 bits per heavy atom. The number of halogens is 2. The molecule has 0 saturated heterocycles. The number of hydrogen-bond acceptors (Lipinski definition) is 7. The Kier molecular flexibility index (Phi) is 4.70. The van der Waals surface area contributed by atoms with Gasteiger partial charge in [0.1, 0.15) is 16.4 Å². The van der Waals surface area contributed by atoms with E-state index in [4.69, 9.17) is 27.9 Å². The molecule has 1 aromatic carbocycles. The van der Waals surface area contributed by atoms with Gasteiger partial charge in [0.05, 0.1) is 22.4 Å². The van der Waals surface area contributed by atoms with Crippen molar-refractivity contribution >= 4 is 55.6 Å². The molecule has 0 amide bonds. The molecule has 1 N–H and O–H groups in total. The minimum atomic E-state index is -0.465. The lowest BCUT2D eigenvalue weighted by Crippen LogP contribution is -2.02. The second-order valence-electron chi connectivity index (χ2n) is 4.72. The molecule has 0 radical (unpaired) electrons. The van der Waals surface area contributed by atoms with Gasteiger partial charge in [0.15, 0.2) is 0 Å². The zero-order chi connectivity index (χ0) is 17.3. The molecule has 2 aromatic heterocycles. The number of nitrogens with zero attached hydrogens (tertiary/aromatic N) is 3. The molecule has 0 aliphatic rings.